The first-order valence-electron chi connectivity index (χ1n) is 17.0. The van der Waals surface area contributed by atoms with Gasteiger partial charge in [-0.2, -0.15) is 0 Å². The molecule has 2 heterocycles. The van der Waals surface area contributed by atoms with Crippen molar-refractivity contribution in [3.63, 3.8) is 0 Å². The van der Waals surface area contributed by atoms with Crippen molar-refractivity contribution < 1.29 is 22.7 Å². The highest BCUT2D eigenvalue weighted by atomic mass is 35.5. The van der Waals surface area contributed by atoms with Gasteiger partial charge in [0, 0.05) is 49.6 Å². The summed E-state index contributed by atoms with van der Waals surface area (Å²) in [6.07, 6.45) is 1.82. The fourth-order valence-corrected chi connectivity index (χ4v) is 7.80. The highest BCUT2D eigenvalue weighted by molar-refractivity contribution is 7.90. The molecule has 2 aliphatic rings. The highest BCUT2D eigenvalue weighted by Crippen LogP contribution is 2.54. The van der Waals surface area contributed by atoms with E-state index in [1.807, 2.05) is 97.3 Å². The van der Waals surface area contributed by atoms with E-state index in [9.17, 15) is 8.42 Å². The van der Waals surface area contributed by atoms with Gasteiger partial charge in [0.25, 0.3) is 0 Å². The number of sulfone groups is 1. The maximum Gasteiger partial charge on any atom is 0.326 e. The van der Waals surface area contributed by atoms with Gasteiger partial charge in [0.15, 0.2) is 0 Å². The summed E-state index contributed by atoms with van der Waals surface area (Å²) in [5.74, 6) is 1.23. The summed E-state index contributed by atoms with van der Waals surface area (Å²) in [5.41, 5.74) is 0.785. The lowest BCUT2D eigenvalue weighted by Gasteiger charge is -2.47. The van der Waals surface area contributed by atoms with Crippen molar-refractivity contribution in [3.8, 4) is 5.75 Å². The number of hydrogen-bond donors (Lipinski definition) is 0. The average Bonchev–Trinajstić information content (AvgIpc) is 3.32. The zero-order valence-corrected chi connectivity index (χ0v) is 32.3. The molecule has 9 nitrogen and oxygen atoms in total. The predicted octanol–water partition coefficient (Wildman–Crippen LogP) is 7.34. The Labute approximate surface area is 307 Å². The van der Waals surface area contributed by atoms with E-state index in [-0.39, 0.29) is 11.8 Å². The van der Waals surface area contributed by atoms with Gasteiger partial charge >= 0.3 is 6.03 Å². The van der Waals surface area contributed by atoms with Crippen LogP contribution in [-0.4, -0.2) is 93.4 Å². The van der Waals surface area contributed by atoms with E-state index in [4.69, 9.17) is 37.7 Å². The second kappa shape index (κ2) is 14.8. The third kappa shape index (κ3) is 7.55. The molecule has 2 unspecified atom stereocenters. The Bertz CT molecular complexity index is 1830. The molecular weight excluding hydrogens is 695 g/mol. The lowest BCUT2D eigenvalue weighted by molar-refractivity contribution is 0.0190. The fourth-order valence-electron chi connectivity index (χ4n) is 6.90. The number of amidine groups is 1. The fraction of sp³-hybridized carbons (Fsp3) is 0.474. The first-order chi connectivity index (χ1) is 23.5. The van der Waals surface area contributed by atoms with Crippen molar-refractivity contribution >= 4 is 44.9 Å². The number of piperazine rings is 1. The van der Waals surface area contributed by atoms with Crippen LogP contribution in [0.5, 0.6) is 5.75 Å². The van der Waals surface area contributed by atoms with E-state index in [1.54, 1.807) is 7.11 Å². The molecule has 1 fully saturated rings. The minimum absolute atomic E-state index is 0.144. The molecule has 3 aromatic rings. The quantitative estimate of drug-likeness (QED) is 0.204. The number of ether oxygens (including phenoxy) is 2. The topological polar surface area (TPSA) is 91.8 Å². The minimum Gasteiger partial charge on any atom is -0.493 e. The van der Waals surface area contributed by atoms with Gasteiger partial charge in [0.2, 0.25) is 0 Å². The molecule has 1 saturated heterocycles. The Morgan fingerprint density at radius 3 is 2.04 bits per heavy atom. The Kier molecular flexibility index (Phi) is 11.3. The van der Waals surface area contributed by atoms with Gasteiger partial charge in [-0.15, -0.1) is 0 Å². The van der Waals surface area contributed by atoms with Crippen molar-refractivity contribution in [2.24, 2.45) is 4.99 Å². The summed E-state index contributed by atoms with van der Waals surface area (Å²) in [6, 6.07) is 21.0. The standard InChI is InChI=1S/C38H48Cl2N4O5S/c1-8-49-33-26-29(36(2,3)48-6)14-19-32(33)34-41-37(4,27-10-15-30(39)16-11-27)38(5,28-12-17-31(40)18-13-28)44(34)35(45)43-23-21-42(22-24-43)20-9-25-50(7,46)47/h10-19,26H,8-9,20-25H2,1-7H3. The van der Waals surface area contributed by atoms with E-state index < -0.39 is 26.5 Å². The summed E-state index contributed by atoms with van der Waals surface area (Å²) >= 11 is 12.8. The van der Waals surface area contributed by atoms with Crippen LogP contribution >= 0.6 is 23.2 Å². The number of rotatable bonds is 11. The summed E-state index contributed by atoms with van der Waals surface area (Å²) in [6.45, 7) is 13.3. The van der Waals surface area contributed by atoms with Crippen molar-refractivity contribution in [3.05, 3.63) is 99.0 Å². The maximum atomic E-state index is 15.2. The number of aliphatic imine (C=N–C) groups is 1. The van der Waals surface area contributed by atoms with Crippen LogP contribution in [0.25, 0.3) is 0 Å². The second-order valence-corrected chi connectivity index (χ2v) is 17.0. The molecule has 0 radical (unpaired) electrons. The molecule has 2 atom stereocenters. The van der Waals surface area contributed by atoms with Crippen LogP contribution in [0.4, 0.5) is 4.79 Å². The largest absolute Gasteiger partial charge is 0.493 e. The van der Waals surface area contributed by atoms with Gasteiger partial charge in [-0.25, -0.2) is 13.2 Å². The lowest BCUT2D eigenvalue weighted by Crippen LogP contribution is -2.60. The number of nitrogens with zero attached hydrogens (tertiary/aromatic N) is 4. The number of hydrogen-bond acceptors (Lipinski definition) is 7. The molecule has 0 N–H and O–H groups in total. The Morgan fingerprint density at radius 2 is 1.50 bits per heavy atom. The van der Waals surface area contributed by atoms with Gasteiger partial charge in [-0.05, 0) is 101 Å². The molecule has 3 aromatic carbocycles. The molecule has 2 aliphatic heterocycles. The molecule has 12 heteroatoms. The first kappa shape index (κ1) is 38.1. The third-order valence-electron chi connectivity index (χ3n) is 10.3. The number of carbonyl (C=O) groups excluding carboxylic acids is 1. The van der Waals surface area contributed by atoms with Crippen LogP contribution in [0.3, 0.4) is 0 Å². The molecule has 0 saturated carbocycles. The summed E-state index contributed by atoms with van der Waals surface area (Å²) in [7, 11) is -1.36. The Morgan fingerprint density at radius 1 is 0.920 bits per heavy atom. The van der Waals surface area contributed by atoms with Crippen LogP contribution < -0.4 is 4.74 Å². The minimum atomic E-state index is -3.04. The zero-order valence-electron chi connectivity index (χ0n) is 30.0. The molecule has 50 heavy (non-hydrogen) atoms. The Hall–Kier alpha value is -3.15. The molecule has 270 valence electrons. The lowest BCUT2D eigenvalue weighted by atomic mass is 9.71. The van der Waals surface area contributed by atoms with Gasteiger partial charge in [-0.3, -0.25) is 14.8 Å². The molecule has 2 amide bonds. The normalized spacial score (nSPS) is 21.7. The Balaban J connectivity index is 1.65. The van der Waals surface area contributed by atoms with Crippen LogP contribution in [0.1, 0.15) is 63.3 Å². The number of urea groups is 1. The van der Waals surface area contributed by atoms with E-state index in [0.717, 1.165) is 16.7 Å². The van der Waals surface area contributed by atoms with Gasteiger partial charge in [0.1, 0.15) is 32.5 Å². The van der Waals surface area contributed by atoms with Crippen molar-refractivity contribution in [1.29, 1.82) is 0 Å². The maximum absolute atomic E-state index is 15.2. The monoisotopic (exact) mass is 742 g/mol. The van der Waals surface area contributed by atoms with Crippen molar-refractivity contribution in [1.82, 2.24) is 14.7 Å². The predicted molar refractivity (Wildman–Crippen MR) is 201 cm³/mol. The van der Waals surface area contributed by atoms with E-state index >= 15 is 4.79 Å². The molecule has 5 rings (SSSR count). The molecule has 0 bridgehead atoms. The van der Waals surface area contributed by atoms with E-state index in [1.165, 1.54) is 6.26 Å². The van der Waals surface area contributed by atoms with Gasteiger partial charge in [0.05, 0.1) is 23.5 Å². The molecular formula is C38H48Cl2N4O5S. The van der Waals surface area contributed by atoms with Crippen LogP contribution in [0, 0.1) is 0 Å². The van der Waals surface area contributed by atoms with Gasteiger partial charge in [-0.1, -0.05) is 53.5 Å². The average molecular weight is 744 g/mol. The van der Waals surface area contributed by atoms with Crippen LogP contribution in [0.15, 0.2) is 71.7 Å². The molecule has 0 aromatic heterocycles. The summed E-state index contributed by atoms with van der Waals surface area (Å²) in [5, 5.41) is 1.19. The number of methoxy groups -OCH3 is 1. The molecule has 0 spiro atoms. The summed E-state index contributed by atoms with van der Waals surface area (Å²) < 4.78 is 35.5. The smallest absolute Gasteiger partial charge is 0.326 e. The van der Waals surface area contributed by atoms with Crippen molar-refractivity contribution in [2.75, 3.05) is 58.4 Å². The van der Waals surface area contributed by atoms with E-state index in [0.29, 0.717) is 72.9 Å². The first-order valence-corrected chi connectivity index (χ1v) is 19.8. The number of halogens is 2. The van der Waals surface area contributed by atoms with Crippen LogP contribution in [0.2, 0.25) is 10.0 Å². The number of amides is 2. The van der Waals surface area contributed by atoms with Crippen molar-refractivity contribution in [2.45, 2.75) is 57.7 Å². The highest BCUT2D eigenvalue weighted by Gasteiger charge is 2.60. The van der Waals surface area contributed by atoms with E-state index in [2.05, 4.69) is 18.7 Å². The number of benzene rings is 3. The van der Waals surface area contributed by atoms with Crippen LogP contribution in [-0.2, 0) is 31.3 Å². The second-order valence-electron chi connectivity index (χ2n) is 13.9. The zero-order chi connectivity index (χ0) is 36.5. The number of carbonyl (C=O) groups is 1. The van der Waals surface area contributed by atoms with Gasteiger partial charge < -0.3 is 14.4 Å². The molecule has 0 aliphatic carbocycles. The third-order valence-corrected chi connectivity index (χ3v) is 11.8. The summed E-state index contributed by atoms with van der Waals surface area (Å²) in [4.78, 5) is 26.6. The SMILES string of the molecule is CCOc1cc(C(C)(C)OC)ccc1C1=NC(C)(c2ccc(Cl)cc2)C(C)(c2ccc(Cl)cc2)N1C(=O)N1CCN(CCCS(C)(=O)=O)CC1.